The predicted molar refractivity (Wildman–Crippen MR) is 119 cm³/mol. The summed E-state index contributed by atoms with van der Waals surface area (Å²) < 4.78 is 0. The van der Waals surface area contributed by atoms with Crippen molar-refractivity contribution in [3.63, 3.8) is 0 Å². The van der Waals surface area contributed by atoms with E-state index in [1.165, 1.54) is 61.3 Å². The highest BCUT2D eigenvalue weighted by Gasteiger charge is 2.22. The molecule has 0 spiro atoms. The molecule has 1 heterocycles. The maximum atomic E-state index is 5.18. The van der Waals surface area contributed by atoms with Crippen LogP contribution >= 0.6 is 0 Å². The van der Waals surface area contributed by atoms with Gasteiger partial charge in [0.05, 0.1) is 11.2 Å². The van der Waals surface area contributed by atoms with Gasteiger partial charge in [0.2, 0.25) is 0 Å². The van der Waals surface area contributed by atoms with E-state index in [0.29, 0.717) is 0 Å². The number of hydrogen-bond donors (Lipinski definition) is 0. The van der Waals surface area contributed by atoms with Crippen LogP contribution in [0.4, 0.5) is 0 Å². The molecule has 1 aliphatic rings. The van der Waals surface area contributed by atoms with Crippen molar-refractivity contribution in [2.75, 3.05) is 0 Å². The lowest BCUT2D eigenvalue weighted by Gasteiger charge is -2.14. The molecule has 0 atom stereocenters. The molecule has 0 amide bonds. The van der Waals surface area contributed by atoms with Gasteiger partial charge in [0.1, 0.15) is 0 Å². The molecule has 28 heavy (non-hydrogen) atoms. The van der Waals surface area contributed by atoms with E-state index in [-0.39, 0.29) is 0 Å². The summed E-state index contributed by atoms with van der Waals surface area (Å²) >= 11 is 0. The van der Waals surface area contributed by atoms with E-state index in [1.54, 1.807) is 0 Å². The van der Waals surface area contributed by atoms with E-state index in [9.17, 15) is 0 Å². The molecule has 1 heteroatoms. The van der Waals surface area contributed by atoms with Gasteiger partial charge in [-0.05, 0) is 77.1 Å². The van der Waals surface area contributed by atoms with Gasteiger partial charge in [0, 0.05) is 10.9 Å². The molecule has 1 aliphatic carbocycles. The summed E-state index contributed by atoms with van der Waals surface area (Å²) in [5.74, 6) is 0. The minimum atomic E-state index is 1.12. The first-order valence-corrected chi connectivity index (χ1v) is 10.1. The van der Waals surface area contributed by atoms with Crippen molar-refractivity contribution in [3.8, 4) is 11.3 Å². The number of benzene rings is 4. The molecule has 0 radical (unpaired) electrons. The molecule has 1 nitrogen and oxygen atoms in total. The number of nitrogens with zero attached hydrogens (tertiary/aromatic N) is 1. The summed E-state index contributed by atoms with van der Waals surface area (Å²) in [5, 5.41) is 6.63. The number of pyridine rings is 1. The number of aromatic nitrogens is 1. The molecule has 0 N–H and O–H groups in total. The van der Waals surface area contributed by atoms with Crippen LogP contribution in [0.15, 0.2) is 72.8 Å². The fourth-order valence-electron chi connectivity index (χ4n) is 4.83. The van der Waals surface area contributed by atoms with Crippen LogP contribution < -0.4 is 0 Å². The molecule has 0 saturated heterocycles. The van der Waals surface area contributed by atoms with Gasteiger partial charge in [-0.3, -0.25) is 0 Å². The highest BCUT2D eigenvalue weighted by molar-refractivity contribution is 6.13. The lowest BCUT2D eigenvalue weighted by Crippen LogP contribution is -1.96. The summed E-state index contributed by atoms with van der Waals surface area (Å²) in [6, 6.07) is 26.6. The molecular formula is C27H21N. The minimum absolute atomic E-state index is 1.12. The van der Waals surface area contributed by atoms with Crippen molar-refractivity contribution in [2.45, 2.75) is 26.2 Å². The second kappa shape index (κ2) is 5.90. The Bertz CT molecular complexity index is 1380. The Morgan fingerprint density at radius 3 is 2.29 bits per heavy atom. The topological polar surface area (TPSA) is 12.9 Å². The maximum Gasteiger partial charge on any atom is 0.0744 e. The number of fused-ring (bicyclic) bond motifs is 6. The highest BCUT2D eigenvalue weighted by Crippen LogP contribution is 2.39. The van der Waals surface area contributed by atoms with E-state index in [1.807, 2.05) is 0 Å². The van der Waals surface area contributed by atoms with Crippen molar-refractivity contribution in [3.05, 3.63) is 89.5 Å². The Morgan fingerprint density at radius 2 is 1.46 bits per heavy atom. The number of rotatable bonds is 1. The van der Waals surface area contributed by atoms with Crippen LogP contribution in [0.2, 0.25) is 0 Å². The van der Waals surface area contributed by atoms with Gasteiger partial charge in [-0.2, -0.15) is 0 Å². The highest BCUT2D eigenvalue weighted by atomic mass is 14.7. The van der Waals surface area contributed by atoms with Crippen LogP contribution in [-0.2, 0) is 12.8 Å². The van der Waals surface area contributed by atoms with Crippen LogP contribution in [0.5, 0.6) is 0 Å². The fraction of sp³-hybridized carbons (Fsp3) is 0.148. The van der Waals surface area contributed by atoms with E-state index in [2.05, 4.69) is 79.7 Å². The molecule has 6 rings (SSSR count). The predicted octanol–water partition coefficient (Wildman–Crippen LogP) is 7.01. The van der Waals surface area contributed by atoms with E-state index < -0.39 is 0 Å². The van der Waals surface area contributed by atoms with Gasteiger partial charge in [-0.25, -0.2) is 4.98 Å². The Balaban J connectivity index is 1.72. The minimum Gasteiger partial charge on any atom is -0.247 e. The average molecular weight is 359 g/mol. The smallest absolute Gasteiger partial charge is 0.0744 e. The molecule has 0 fully saturated rings. The SMILES string of the molecule is Cc1ccc(-c2nc3ccc4cc5ccccc5cc4c3c3c2CCC3)cc1. The van der Waals surface area contributed by atoms with Crippen LogP contribution in [0, 0.1) is 6.92 Å². The van der Waals surface area contributed by atoms with Gasteiger partial charge in [0.25, 0.3) is 0 Å². The average Bonchev–Trinajstić information content (AvgIpc) is 3.22. The van der Waals surface area contributed by atoms with E-state index in [0.717, 1.165) is 18.4 Å². The lowest BCUT2D eigenvalue weighted by molar-refractivity contribution is 0.913. The zero-order chi connectivity index (χ0) is 18.7. The summed E-state index contributed by atoms with van der Waals surface area (Å²) in [6.45, 7) is 2.14. The summed E-state index contributed by atoms with van der Waals surface area (Å²) in [5.41, 5.74) is 7.81. The van der Waals surface area contributed by atoms with Crippen LogP contribution in [-0.4, -0.2) is 4.98 Å². The first kappa shape index (κ1) is 15.8. The number of hydrogen-bond acceptors (Lipinski definition) is 1. The van der Waals surface area contributed by atoms with Gasteiger partial charge < -0.3 is 0 Å². The molecule has 0 aliphatic heterocycles. The monoisotopic (exact) mass is 359 g/mol. The van der Waals surface area contributed by atoms with Crippen molar-refractivity contribution >= 4 is 32.4 Å². The first-order chi connectivity index (χ1) is 13.8. The van der Waals surface area contributed by atoms with Crippen LogP contribution in [0.1, 0.15) is 23.1 Å². The van der Waals surface area contributed by atoms with E-state index in [4.69, 9.17) is 4.98 Å². The van der Waals surface area contributed by atoms with Crippen molar-refractivity contribution in [2.24, 2.45) is 0 Å². The molecule has 134 valence electrons. The Labute approximate surface area is 164 Å². The van der Waals surface area contributed by atoms with Gasteiger partial charge >= 0.3 is 0 Å². The first-order valence-electron chi connectivity index (χ1n) is 10.1. The third-order valence-electron chi connectivity index (χ3n) is 6.23. The molecule has 0 saturated carbocycles. The molecule has 4 aromatic carbocycles. The van der Waals surface area contributed by atoms with Gasteiger partial charge in [0.15, 0.2) is 0 Å². The number of aryl methyl sites for hydroxylation is 2. The summed E-state index contributed by atoms with van der Waals surface area (Å²) in [7, 11) is 0. The van der Waals surface area contributed by atoms with E-state index >= 15 is 0 Å². The van der Waals surface area contributed by atoms with Gasteiger partial charge in [-0.1, -0.05) is 60.2 Å². The van der Waals surface area contributed by atoms with Crippen molar-refractivity contribution in [1.82, 2.24) is 4.98 Å². The Morgan fingerprint density at radius 1 is 0.714 bits per heavy atom. The zero-order valence-electron chi connectivity index (χ0n) is 16.0. The van der Waals surface area contributed by atoms with Crippen LogP contribution in [0.25, 0.3) is 43.7 Å². The second-order valence-electron chi connectivity index (χ2n) is 8.02. The Kier molecular flexibility index (Phi) is 3.34. The molecule has 0 bridgehead atoms. The fourth-order valence-corrected chi connectivity index (χ4v) is 4.83. The largest absolute Gasteiger partial charge is 0.247 e. The maximum absolute atomic E-state index is 5.18. The Hall–Kier alpha value is -3.19. The molecule has 1 aromatic heterocycles. The van der Waals surface area contributed by atoms with Crippen molar-refractivity contribution < 1.29 is 0 Å². The normalized spacial score (nSPS) is 13.5. The standard InChI is InChI=1S/C27H21N/c1-17-9-11-18(12-10-17)27-23-8-4-7-22(23)26-24-16-20-6-3-2-5-19(20)15-21(24)13-14-25(26)28-27/h2-3,5-6,9-16H,4,7-8H2,1H3. The lowest BCUT2D eigenvalue weighted by atomic mass is 9.93. The van der Waals surface area contributed by atoms with Crippen LogP contribution in [0.3, 0.4) is 0 Å². The third-order valence-corrected chi connectivity index (χ3v) is 6.23. The molecule has 5 aromatic rings. The van der Waals surface area contributed by atoms with Crippen molar-refractivity contribution in [1.29, 1.82) is 0 Å². The quantitative estimate of drug-likeness (QED) is 0.232. The van der Waals surface area contributed by atoms with Gasteiger partial charge in [-0.15, -0.1) is 0 Å². The summed E-state index contributed by atoms with van der Waals surface area (Å²) in [6.07, 6.45) is 3.50. The zero-order valence-corrected chi connectivity index (χ0v) is 16.0. The molecule has 0 unspecified atom stereocenters. The third kappa shape index (κ3) is 2.29. The second-order valence-corrected chi connectivity index (χ2v) is 8.02. The molecular weight excluding hydrogens is 338 g/mol. The summed E-state index contributed by atoms with van der Waals surface area (Å²) in [4.78, 5) is 5.18.